The Morgan fingerprint density at radius 1 is 0.824 bits per heavy atom. The van der Waals surface area contributed by atoms with E-state index in [1.54, 1.807) is 0 Å². The van der Waals surface area contributed by atoms with E-state index in [0.717, 1.165) is 12.2 Å². The molecule has 84 valence electrons. The molecule has 0 amide bonds. The van der Waals surface area contributed by atoms with Crippen molar-refractivity contribution in [2.75, 3.05) is 4.31 Å². The summed E-state index contributed by atoms with van der Waals surface area (Å²) in [4.78, 5) is 0. The van der Waals surface area contributed by atoms with Gasteiger partial charge in [-0.05, 0) is 22.8 Å². The Labute approximate surface area is 107 Å². The van der Waals surface area contributed by atoms with Crippen LogP contribution in [0.1, 0.15) is 16.7 Å². The molecule has 2 aromatic carbocycles. The zero-order valence-corrected chi connectivity index (χ0v) is 10.3. The van der Waals surface area contributed by atoms with Crippen molar-refractivity contribution in [3.8, 4) is 0 Å². The van der Waals surface area contributed by atoms with Gasteiger partial charge in [0, 0.05) is 0 Å². The lowest BCUT2D eigenvalue weighted by Crippen LogP contribution is -2.13. The molecule has 0 N–H and O–H groups in total. The Kier molecular flexibility index (Phi) is 2.65. The largest absolute Gasteiger partial charge is 0.314 e. The second-order valence-corrected chi connectivity index (χ2v) is 4.63. The Morgan fingerprint density at radius 3 is 2.35 bits per heavy atom. The van der Waals surface area contributed by atoms with Gasteiger partial charge in [0.15, 0.2) is 0 Å². The summed E-state index contributed by atoms with van der Waals surface area (Å²) < 4.78 is 2.00. The predicted molar refractivity (Wildman–Crippen MR) is 77.0 cm³/mol. The summed E-state index contributed by atoms with van der Waals surface area (Å²) in [6.45, 7) is 0.820. The van der Waals surface area contributed by atoms with Crippen molar-refractivity contribution in [1.82, 2.24) is 0 Å². The number of hydrogen-bond acceptors (Lipinski definition) is 2. The van der Waals surface area contributed by atoms with Crippen LogP contribution in [0.5, 0.6) is 0 Å². The maximum absolute atomic E-state index is 4.58. The number of hydrogen-bond donors (Lipinski definition) is 1. The maximum atomic E-state index is 4.58. The lowest BCUT2D eigenvalue weighted by atomic mass is 10.0. The molecule has 0 saturated heterocycles. The number of anilines is 1. The van der Waals surface area contributed by atoms with Crippen molar-refractivity contribution in [3.05, 3.63) is 65.2 Å². The quantitative estimate of drug-likeness (QED) is 0.679. The zero-order valence-electron chi connectivity index (χ0n) is 9.38. The number of nitrogens with zero attached hydrogens (tertiary/aromatic N) is 1. The molecule has 0 radical (unpaired) electrons. The monoisotopic (exact) mass is 239 g/mol. The third-order valence-electron chi connectivity index (χ3n) is 3.03. The van der Waals surface area contributed by atoms with Crippen molar-refractivity contribution in [1.29, 1.82) is 0 Å². The van der Waals surface area contributed by atoms with Crippen molar-refractivity contribution < 1.29 is 0 Å². The standard InChI is InChI=1S/C15H13NS/c17-16-11-14-7-2-1-5-12(14)9-10-13-6-3-4-8-15(13)16/h1-10,17H,11H2/b10-9-. The molecule has 17 heavy (non-hydrogen) atoms. The highest BCUT2D eigenvalue weighted by Gasteiger charge is 2.11. The van der Waals surface area contributed by atoms with E-state index < -0.39 is 0 Å². The van der Waals surface area contributed by atoms with Crippen molar-refractivity contribution in [2.24, 2.45) is 0 Å². The minimum atomic E-state index is 0.820. The zero-order chi connectivity index (χ0) is 11.7. The SMILES string of the molecule is SN1Cc2ccccc2/C=C\c2ccccc21. The molecule has 3 rings (SSSR count). The van der Waals surface area contributed by atoms with E-state index in [2.05, 4.69) is 67.4 Å². The first kappa shape index (κ1) is 10.5. The molecule has 0 saturated carbocycles. The average molecular weight is 239 g/mol. The van der Waals surface area contributed by atoms with Crippen LogP contribution in [0.2, 0.25) is 0 Å². The van der Waals surface area contributed by atoms with E-state index in [1.165, 1.54) is 16.7 Å². The Morgan fingerprint density at radius 2 is 1.47 bits per heavy atom. The summed E-state index contributed by atoms with van der Waals surface area (Å²) in [5, 5.41) is 0. The van der Waals surface area contributed by atoms with E-state index in [1.807, 2.05) is 10.4 Å². The van der Waals surface area contributed by atoms with Crippen LogP contribution in [0.3, 0.4) is 0 Å². The van der Waals surface area contributed by atoms with E-state index in [9.17, 15) is 0 Å². The number of thiol groups is 1. The molecule has 0 unspecified atom stereocenters. The summed E-state index contributed by atoms with van der Waals surface area (Å²) >= 11 is 4.58. The fourth-order valence-corrected chi connectivity index (χ4v) is 2.46. The van der Waals surface area contributed by atoms with Gasteiger partial charge >= 0.3 is 0 Å². The number of fused-ring (bicyclic) bond motifs is 2. The lowest BCUT2D eigenvalue weighted by Gasteiger charge is -2.22. The molecule has 0 bridgehead atoms. The van der Waals surface area contributed by atoms with Crippen LogP contribution >= 0.6 is 12.8 Å². The third-order valence-corrected chi connectivity index (χ3v) is 3.39. The van der Waals surface area contributed by atoms with Crippen LogP contribution in [-0.2, 0) is 6.54 Å². The van der Waals surface area contributed by atoms with Gasteiger partial charge in [0.2, 0.25) is 0 Å². The van der Waals surface area contributed by atoms with E-state index >= 15 is 0 Å². The van der Waals surface area contributed by atoms with E-state index in [0.29, 0.717) is 0 Å². The Hall–Kier alpha value is -1.67. The van der Waals surface area contributed by atoms with E-state index in [4.69, 9.17) is 0 Å². The molecule has 0 aromatic heterocycles. The predicted octanol–water partition coefficient (Wildman–Crippen LogP) is 4.02. The van der Waals surface area contributed by atoms with Gasteiger partial charge in [-0.25, -0.2) is 0 Å². The molecule has 1 nitrogen and oxygen atoms in total. The number of benzene rings is 2. The molecule has 2 aromatic rings. The van der Waals surface area contributed by atoms with Crippen LogP contribution in [0.4, 0.5) is 5.69 Å². The van der Waals surface area contributed by atoms with Crippen LogP contribution in [0, 0.1) is 0 Å². The van der Waals surface area contributed by atoms with Crippen LogP contribution < -0.4 is 4.31 Å². The summed E-state index contributed by atoms with van der Waals surface area (Å²) in [5.41, 5.74) is 4.92. The van der Waals surface area contributed by atoms with Gasteiger partial charge in [-0.3, -0.25) is 0 Å². The fraction of sp³-hybridized carbons (Fsp3) is 0.0667. The fourth-order valence-electron chi connectivity index (χ4n) is 2.13. The molecular weight excluding hydrogens is 226 g/mol. The third kappa shape index (κ3) is 1.96. The average Bonchev–Trinajstić information content (AvgIpc) is 2.36. The topological polar surface area (TPSA) is 3.24 Å². The Balaban J connectivity index is 2.16. The van der Waals surface area contributed by atoms with Gasteiger partial charge < -0.3 is 4.31 Å². The van der Waals surface area contributed by atoms with Gasteiger partial charge in [-0.1, -0.05) is 67.4 Å². The minimum absolute atomic E-state index is 0.820. The molecule has 0 fully saturated rings. The van der Waals surface area contributed by atoms with Gasteiger partial charge in [-0.15, -0.1) is 0 Å². The smallest absolute Gasteiger partial charge is 0.0549 e. The number of rotatable bonds is 0. The molecular formula is C15H13NS. The number of para-hydroxylation sites is 1. The van der Waals surface area contributed by atoms with Crippen LogP contribution in [0.25, 0.3) is 12.2 Å². The first-order valence-corrected chi connectivity index (χ1v) is 6.06. The van der Waals surface area contributed by atoms with Crippen LogP contribution in [0.15, 0.2) is 48.5 Å². The Bertz CT molecular complexity index is 575. The molecule has 0 aliphatic carbocycles. The van der Waals surface area contributed by atoms with Crippen molar-refractivity contribution >= 4 is 30.7 Å². The van der Waals surface area contributed by atoms with Crippen molar-refractivity contribution in [2.45, 2.75) is 6.54 Å². The summed E-state index contributed by atoms with van der Waals surface area (Å²) in [7, 11) is 0. The summed E-state index contributed by atoms with van der Waals surface area (Å²) in [5.74, 6) is 0. The summed E-state index contributed by atoms with van der Waals surface area (Å²) in [6.07, 6.45) is 4.32. The second-order valence-electron chi connectivity index (χ2n) is 4.15. The molecule has 0 spiro atoms. The summed E-state index contributed by atoms with van der Waals surface area (Å²) in [6, 6.07) is 16.7. The molecule has 0 atom stereocenters. The van der Waals surface area contributed by atoms with Crippen molar-refractivity contribution in [3.63, 3.8) is 0 Å². The normalized spacial score (nSPS) is 15.5. The maximum Gasteiger partial charge on any atom is 0.0549 e. The lowest BCUT2D eigenvalue weighted by molar-refractivity contribution is 1.05. The molecule has 1 heterocycles. The van der Waals surface area contributed by atoms with Gasteiger partial charge in [0.25, 0.3) is 0 Å². The first-order chi connectivity index (χ1) is 8.34. The minimum Gasteiger partial charge on any atom is -0.314 e. The van der Waals surface area contributed by atoms with Gasteiger partial charge in [0.05, 0.1) is 12.2 Å². The highest BCUT2D eigenvalue weighted by atomic mass is 32.1. The van der Waals surface area contributed by atoms with Crippen LogP contribution in [-0.4, -0.2) is 0 Å². The van der Waals surface area contributed by atoms with Gasteiger partial charge in [-0.2, -0.15) is 0 Å². The molecule has 1 aliphatic heterocycles. The molecule has 1 aliphatic rings. The van der Waals surface area contributed by atoms with Gasteiger partial charge in [0.1, 0.15) is 0 Å². The molecule has 2 heteroatoms. The highest BCUT2D eigenvalue weighted by molar-refractivity contribution is 7.81. The first-order valence-electron chi connectivity index (χ1n) is 5.66. The second kappa shape index (κ2) is 4.30. The van der Waals surface area contributed by atoms with E-state index in [-0.39, 0.29) is 0 Å². The highest BCUT2D eigenvalue weighted by Crippen LogP contribution is 2.29.